The first-order valence-electron chi connectivity index (χ1n) is 6.87. The number of hydrogen-bond acceptors (Lipinski definition) is 2. The van der Waals surface area contributed by atoms with Crippen LogP contribution in [-0.4, -0.2) is 45.3 Å². The molecule has 1 aliphatic rings. The molecule has 0 unspecified atom stereocenters. The van der Waals surface area contributed by atoms with E-state index in [0.29, 0.717) is 11.6 Å². The summed E-state index contributed by atoms with van der Waals surface area (Å²) < 4.78 is 5.29. The Kier molecular flexibility index (Phi) is 6.05. The number of nitrogens with one attached hydrogen (secondary N) is 2. The number of carbonyl (C=O) groups is 1. The van der Waals surface area contributed by atoms with Gasteiger partial charge in [-0.15, -0.1) is 0 Å². The summed E-state index contributed by atoms with van der Waals surface area (Å²) in [6.45, 7) is 5.29. The SMILES string of the molecule is O=C(/C=C/c1ccccc1Cl)NCC[NH+]1CCOCC1. The van der Waals surface area contributed by atoms with Gasteiger partial charge in [-0.2, -0.15) is 0 Å². The van der Waals surface area contributed by atoms with E-state index in [0.717, 1.165) is 38.4 Å². The number of quaternary nitrogens is 1. The van der Waals surface area contributed by atoms with Crippen molar-refractivity contribution in [2.24, 2.45) is 0 Å². The molecule has 1 aromatic rings. The summed E-state index contributed by atoms with van der Waals surface area (Å²) in [6, 6.07) is 7.45. The molecule has 2 rings (SSSR count). The van der Waals surface area contributed by atoms with Gasteiger partial charge in [0.05, 0.1) is 26.3 Å². The van der Waals surface area contributed by atoms with Crippen molar-refractivity contribution >= 4 is 23.6 Å². The first kappa shape index (κ1) is 15.0. The van der Waals surface area contributed by atoms with E-state index >= 15 is 0 Å². The maximum absolute atomic E-state index is 11.7. The Morgan fingerprint density at radius 3 is 2.85 bits per heavy atom. The van der Waals surface area contributed by atoms with Gasteiger partial charge in [0.25, 0.3) is 0 Å². The van der Waals surface area contributed by atoms with Crippen LogP contribution < -0.4 is 10.2 Å². The topological polar surface area (TPSA) is 42.8 Å². The smallest absolute Gasteiger partial charge is 0.244 e. The summed E-state index contributed by atoms with van der Waals surface area (Å²) in [6.07, 6.45) is 3.26. The van der Waals surface area contributed by atoms with Gasteiger partial charge in [-0.3, -0.25) is 4.79 Å². The fraction of sp³-hybridized carbons (Fsp3) is 0.400. The Hall–Kier alpha value is -1.36. The van der Waals surface area contributed by atoms with Crippen molar-refractivity contribution in [1.82, 2.24) is 5.32 Å². The predicted octanol–water partition coefficient (Wildman–Crippen LogP) is 0.385. The summed E-state index contributed by atoms with van der Waals surface area (Å²) in [5.41, 5.74) is 0.850. The zero-order chi connectivity index (χ0) is 14.2. The summed E-state index contributed by atoms with van der Waals surface area (Å²) in [4.78, 5) is 13.2. The maximum atomic E-state index is 11.7. The number of amides is 1. The molecule has 108 valence electrons. The highest BCUT2D eigenvalue weighted by Gasteiger charge is 2.12. The first-order chi connectivity index (χ1) is 9.75. The van der Waals surface area contributed by atoms with Crippen LogP contribution in [0.2, 0.25) is 5.02 Å². The van der Waals surface area contributed by atoms with Gasteiger partial charge in [0, 0.05) is 11.1 Å². The van der Waals surface area contributed by atoms with Gasteiger partial charge >= 0.3 is 0 Å². The molecule has 1 amide bonds. The number of morpholine rings is 1. The fourth-order valence-corrected chi connectivity index (χ4v) is 2.31. The second-order valence-corrected chi connectivity index (χ2v) is 5.17. The van der Waals surface area contributed by atoms with E-state index in [4.69, 9.17) is 16.3 Å². The van der Waals surface area contributed by atoms with Gasteiger partial charge in [0.2, 0.25) is 5.91 Å². The molecule has 0 atom stereocenters. The van der Waals surface area contributed by atoms with E-state index in [2.05, 4.69) is 5.32 Å². The van der Waals surface area contributed by atoms with E-state index in [1.165, 1.54) is 11.0 Å². The Morgan fingerprint density at radius 2 is 2.10 bits per heavy atom. The van der Waals surface area contributed by atoms with Crippen LogP contribution in [0.25, 0.3) is 6.08 Å². The average Bonchev–Trinajstić information content (AvgIpc) is 2.47. The third kappa shape index (κ3) is 4.96. The number of halogens is 1. The summed E-state index contributed by atoms with van der Waals surface area (Å²) in [5, 5.41) is 3.54. The number of benzene rings is 1. The monoisotopic (exact) mass is 295 g/mol. The lowest BCUT2D eigenvalue weighted by Crippen LogP contribution is -3.14. The van der Waals surface area contributed by atoms with E-state index < -0.39 is 0 Å². The van der Waals surface area contributed by atoms with Crippen LogP contribution in [0.1, 0.15) is 5.56 Å². The van der Waals surface area contributed by atoms with Crippen LogP contribution >= 0.6 is 11.6 Å². The molecule has 4 nitrogen and oxygen atoms in total. The molecular weight excluding hydrogens is 276 g/mol. The number of carbonyl (C=O) groups excluding carboxylic acids is 1. The van der Waals surface area contributed by atoms with Crippen molar-refractivity contribution < 1.29 is 14.4 Å². The molecule has 1 saturated heterocycles. The molecule has 5 heteroatoms. The summed E-state index contributed by atoms with van der Waals surface area (Å²) in [7, 11) is 0. The summed E-state index contributed by atoms with van der Waals surface area (Å²) >= 11 is 6.02. The highest BCUT2D eigenvalue weighted by Crippen LogP contribution is 2.15. The van der Waals surface area contributed by atoms with Gasteiger partial charge in [0.15, 0.2) is 0 Å². The minimum absolute atomic E-state index is 0.0856. The third-order valence-electron chi connectivity index (χ3n) is 3.30. The fourth-order valence-electron chi connectivity index (χ4n) is 2.11. The number of hydrogen-bond donors (Lipinski definition) is 2. The van der Waals surface area contributed by atoms with Crippen molar-refractivity contribution in [2.45, 2.75) is 0 Å². The molecule has 0 spiro atoms. The van der Waals surface area contributed by atoms with E-state index in [-0.39, 0.29) is 5.91 Å². The second-order valence-electron chi connectivity index (χ2n) is 4.76. The zero-order valence-corrected chi connectivity index (χ0v) is 12.2. The molecule has 1 aromatic carbocycles. The molecule has 0 radical (unpaired) electrons. The molecule has 0 bridgehead atoms. The highest BCUT2D eigenvalue weighted by molar-refractivity contribution is 6.32. The van der Waals surface area contributed by atoms with Gasteiger partial charge in [-0.25, -0.2) is 0 Å². The van der Waals surface area contributed by atoms with Gasteiger partial charge in [-0.05, 0) is 17.7 Å². The number of ether oxygens (including phenoxy) is 1. The van der Waals surface area contributed by atoms with Crippen molar-refractivity contribution in [2.75, 3.05) is 39.4 Å². The van der Waals surface area contributed by atoms with Crippen molar-refractivity contribution in [3.63, 3.8) is 0 Å². The molecule has 0 aliphatic carbocycles. The zero-order valence-electron chi connectivity index (χ0n) is 11.4. The van der Waals surface area contributed by atoms with Gasteiger partial charge in [-0.1, -0.05) is 29.8 Å². The Morgan fingerprint density at radius 1 is 1.35 bits per heavy atom. The quantitative estimate of drug-likeness (QED) is 0.772. The van der Waals surface area contributed by atoms with E-state index in [1.807, 2.05) is 18.2 Å². The van der Waals surface area contributed by atoms with E-state index in [9.17, 15) is 4.79 Å². The van der Waals surface area contributed by atoms with Gasteiger partial charge in [0.1, 0.15) is 13.1 Å². The molecule has 1 heterocycles. The molecule has 0 saturated carbocycles. The van der Waals surface area contributed by atoms with Crippen LogP contribution in [-0.2, 0) is 9.53 Å². The predicted molar refractivity (Wildman–Crippen MR) is 79.9 cm³/mol. The summed E-state index contributed by atoms with van der Waals surface area (Å²) in [5.74, 6) is -0.0856. The minimum Gasteiger partial charge on any atom is -0.370 e. The van der Waals surface area contributed by atoms with Gasteiger partial charge < -0.3 is 15.0 Å². The standard InChI is InChI=1S/C15H19ClN2O2/c16-14-4-2-1-3-13(14)5-6-15(19)17-7-8-18-9-11-20-12-10-18/h1-6H,7-12H2,(H,17,19)/p+1/b6-5+. The highest BCUT2D eigenvalue weighted by atomic mass is 35.5. The van der Waals surface area contributed by atoms with Crippen molar-refractivity contribution in [1.29, 1.82) is 0 Å². The third-order valence-corrected chi connectivity index (χ3v) is 3.64. The van der Waals surface area contributed by atoms with Crippen LogP contribution in [0.3, 0.4) is 0 Å². The molecule has 2 N–H and O–H groups in total. The minimum atomic E-state index is -0.0856. The Labute approximate surface area is 124 Å². The van der Waals surface area contributed by atoms with Crippen molar-refractivity contribution in [3.8, 4) is 0 Å². The maximum Gasteiger partial charge on any atom is 0.244 e. The first-order valence-corrected chi connectivity index (χ1v) is 7.25. The molecule has 1 fully saturated rings. The molecule has 0 aromatic heterocycles. The van der Waals surface area contributed by atoms with Crippen LogP contribution in [0.5, 0.6) is 0 Å². The Bertz CT molecular complexity index is 471. The van der Waals surface area contributed by atoms with Crippen LogP contribution in [0.15, 0.2) is 30.3 Å². The lowest BCUT2D eigenvalue weighted by Gasteiger charge is -2.23. The largest absolute Gasteiger partial charge is 0.370 e. The van der Waals surface area contributed by atoms with Crippen molar-refractivity contribution in [3.05, 3.63) is 40.9 Å². The number of rotatable bonds is 5. The normalized spacial score (nSPS) is 16.4. The van der Waals surface area contributed by atoms with E-state index in [1.54, 1.807) is 12.1 Å². The lowest BCUT2D eigenvalue weighted by atomic mass is 10.2. The molecular formula is C15H20ClN2O2+. The lowest BCUT2D eigenvalue weighted by molar-refractivity contribution is -0.906. The average molecular weight is 296 g/mol. The molecule has 1 aliphatic heterocycles. The second kappa shape index (κ2) is 8.04. The Balaban J connectivity index is 1.71. The molecule has 20 heavy (non-hydrogen) atoms. The van der Waals surface area contributed by atoms with Crippen LogP contribution in [0, 0.1) is 0 Å². The van der Waals surface area contributed by atoms with Crippen LogP contribution in [0.4, 0.5) is 0 Å².